The molecule has 0 aliphatic heterocycles. The SMILES string of the molecule is Cc1cc(C)c(S(=O)(=O)Oc2ccc3cc[n+](N)cc3c2)c(C)c1. The van der Waals surface area contributed by atoms with Gasteiger partial charge in [-0.05, 0) is 49.4 Å². The number of benzene rings is 2. The third-order valence-electron chi connectivity index (χ3n) is 3.83. The first kappa shape index (κ1) is 16.3. The fourth-order valence-corrected chi connectivity index (χ4v) is 4.31. The van der Waals surface area contributed by atoms with Gasteiger partial charge in [0, 0.05) is 6.07 Å². The number of aromatic nitrogens is 1. The van der Waals surface area contributed by atoms with Crippen molar-refractivity contribution in [1.82, 2.24) is 0 Å². The second-order valence-corrected chi connectivity index (χ2v) is 7.43. The molecule has 1 aromatic heterocycles. The Morgan fingerprint density at radius 2 is 1.62 bits per heavy atom. The molecule has 24 heavy (non-hydrogen) atoms. The number of hydrogen-bond donors (Lipinski definition) is 1. The van der Waals surface area contributed by atoms with Gasteiger partial charge in [0.15, 0.2) is 6.20 Å². The summed E-state index contributed by atoms with van der Waals surface area (Å²) in [5.41, 5.74) is 2.36. The molecule has 2 N–H and O–H groups in total. The summed E-state index contributed by atoms with van der Waals surface area (Å²) in [7, 11) is -3.91. The van der Waals surface area contributed by atoms with E-state index in [9.17, 15) is 8.42 Å². The molecule has 0 radical (unpaired) electrons. The number of aryl methyl sites for hydroxylation is 3. The molecule has 0 saturated heterocycles. The van der Waals surface area contributed by atoms with Gasteiger partial charge in [-0.2, -0.15) is 8.42 Å². The maximum absolute atomic E-state index is 12.7. The predicted molar refractivity (Wildman–Crippen MR) is 92.8 cm³/mol. The van der Waals surface area contributed by atoms with Gasteiger partial charge in [0.25, 0.3) is 0 Å². The summed E-state index contributed by atoms with van der Waals surface area (Å²) in [6.45, 7) is 5.48. The smallest absolute Gasteiger partial charge is 0.339 e. The van der Waals surface area contributed by atoms with Crippen molar-refractivity contribution in [2.24, 2.45) is 0 Å². The highest BCUT2D eigenvalue weighted by Crippen LogP contribution is 2.27. The maximum atomic E-state index is 12.7. The number of rotatable bonds is 3. The van der Waals surface area contributed by atoms with E-state index in [1.807, 2.05) is 25.1 Å². The van der Waals surface area contributed by atoms with E-state index in [0.717, 1.165) is 16.3 Å². The van der Waals surface area contributed by atoms with Crippen molar-refractivity contribution in [2.75, 3.05) is 5.84 Å². The molecular formula is C18H19N2O3S+. The van der Waals surface area contributed by atoms with Crippen LogP contribution in [0, 0.1) is 20.8 Å². The van der Waals surface area contributed by atoms with Crippen molar-refractivity contribution >= 4 is 20.9 Å². The summed E-state index contributed by atoms with van der Waals surface area (Å²) in [6.07, 6.45) is 3.43. The number of fused-ring (bicyclic) bond motifs is 1. The van der Waals surface area contributed by atoms with Gasteiger partial charge in [0.05, 0.1) is 5.39 Å². The average molecular weight is 343 g/mol. The number of nitrogens with zero attached hydrogens (tertiary/aromatic N) is 1. The summed E-state index contributed by atoms with van der Waals surface area (Å²) in [5.74, 6) is 5.96. The van der Waals surface area contributed by atoms with Crippen LogP contribution in [0.4, 0.5) is 0 Å². The van der Waals surface area contributed by atoms with Gasteiger partial charge in [-0.25, -0.2) is 5.84 Å². The van der Waals surface area contributed by atoms with Crippen LogP contribution in [0.15, 0.2) is 53.7 Å². The first-order chi connectivity index (χ1) is 11.3. The maximum Gasteiger partial charge on any atom is 0.339 e. The van der Waals surface area contributed by atoms with E-state index in [-0.39, 0.29) is 10.6 Å². The quantitative estimate of drug-likeness (QED) is 0.451. The van der Waals surface area contributed by atoms with E-state index >= 15 is 0 Å². The van der Waals surface area contributed by atoms with E-state index < -0.39 is 10.1 Å². The van der Waals surface area contributed by atoms with Crippen LogP contribution in [0.2, 0.25) is 0 Å². The van der Waals surface area contributed by atoms with Crippen LogP contribution in [0.5, 0.6) is 5.75 Å². The molecule has 5 nitrogen and oxygen atoms in total. The molecule has 3 aromatic rings. The number of hydrogen-bond acceptors (Lipinski definition) is 4. The number of nitrogens with two attached hydrogens (primary N) is 1. The second-order valence-electron chi connectivity index (χ2n) is 5.95. The van der Waals surface area contributed by atoms with Crippen molar-refractivity contribution in [3.8, 4) is 5.75 Å². The summed E-state index contributed by atoms with van der Waals surface area (Å²) < 4.78 is 32.2. The molecule has 0 fully saturated rings. The van der Waals surface area contributed by atoms with Crippen LogP contribution in [0.3, 0.4) is 0 Å². The van der Waals surface area contributed by atoms with Crippen molar-refractivity contribution in [3.05, 3.63) is 65.5 Å². The van der Waals surface area contributed by atoms with Gasteiger partial charge >= 0.3 is 10.1 Å². The van der Waals surface area contributed by atoms with Crippen molar-refractivity contribution < 1.29 is 17.3 Å². The highest BCUT2D eigenvalue weighted by molar-refractivity contribution is 7.87. The van der Waals surface area contributed by atoms with Gasteiger partial charge in [-0.15, -0.1) is 0 Å². The van der Waals surface area contributed by atoms with Gasteiger partial charge in [0.2, 0.25) is 6.20 Å². The van der Waals surface area contributed by atoms with Crippen molar-refractivity contribution in [3.63, 3.8) is 0 Å². The molecule has 0 spiro atoms. The summed E-state index contributed by atoms with van der Waals surface area (Å²) in [4.78, 5) is 0.218. The number of pyridine rings is 1. The molecule has 0 saturated carbocycles. The average Bonchev–Trinajstić information content (AvgIpc) is 2.44. The molecule has 0 unspecified atom stereocenters. The molecular weight excluding hydrogens is 324 g/mol. The van der Waals surface area contributed by atoms with Crippen LogP contribution >= 0.6 is 0 Å². The molecule has 0 aliphatic rings. The first-order valence-corrected chi connectivity index (χ1v) is 8.89. The monoisotopic (exact) mass is 343 g/mol. The minimum absolute atomic E-state index is 0.218. The molecule has 124 valence electrons. The zero-order chi connectivity index (χ0) is 17.5. The van der Waals surface area contributed by atoms with E-state index in [1.54, 1.807) is 44.4 Å². The lowest BCUT2D eigenvalue weighted by Gasteiger charge is -2.13. The summed E-state index contributed by atoms with van der Waals surface area (Å²) in [5, 5.41) is 1.74. The van der Waals surface area contributed by atoms with E-state index in [4.69, 9.17) is 10.0 Å². The third-order valence-corrected chi connectivity index (χ3v) is 5.39. The van der Waals surface area contributed by atoms with Crippen LogP contribution in [-0.4, -0.2) is 8.42 Å². The molecule has 6 heteroatoms. The molecule has 2 aromatic carbocycles. The lowest BCUT2D eigenvalue weighted by Crippen LogP contribution is -2.43. The molecule has 3 rings (SSSR count). The van der Waals surface area contributed by atoms with E-state index in [2.05, 4.69) is 0 Å². The Balaban J connectivity index is 2.04. The van der Waals surface area contributed by atoms with Crippen LogP contribution in [0.25, 0.3) is 10.8 Å². The van der Waals surface area contributed by atoms with Gasteiger partial charge in [-0.3, -0.25) is 0 Å². The minimum atomic E-state index is -3.91. The van der Waals surface area contributed by atoms with Crippen LogP contribution in [-0.2, 0) is 10.1 Å². The normalized spacial score (nSPS) is 11.6. The fourth-order valence-electron chi connectivity index (χ4n) is 2.97. The lowest BCUT2D eigenvalue weighted by atomic mass is 10.1. The van der Waals surface area contributed by atoms with Crippen molar-refractivity contribution in [2.45, 2.75) is 25.7 Å². The Morgan fingerprint density at radius 3 is 2.29 bits per heavy atom. The highest BCUT2D eigenvalue weighted by atomic mass is 32.2. The van der Waals surface area contributed by atoms with E-state index in [0.29, 0.717) is 11.1 Å². The molecule has 0 aliphatic carbocycles. The van der Waals surface area contributed by atoms with Crippen LogP contribution < -0.4 is 14.7 Å². The van der Waals surface area contributed by atoms with Gasteiger partial charge in [0.1, 0.15) is 10.6 Å². The largest absolute Gasteiger partial charge is 0.379 e. The zero-order valence-electron chi connectivity index (χ0n) is 13.8. The van der Waals surface area contributed by atoms with Gasteiger partial charge < -0.3 is 4.18 Å². The summed E-state index contributed by atoms with van der Waals surface area (Å²) >= 11 is 0. The third kappa shape index (κ3) is 3.05. The Kier molecular flexibility index (Phi) is 3.93. The number of nitrogen functional groups attached to an aromatic ring is 1. The topological polar surface area (TPSA) is 73.3 Å². The Labute approximate surface area is 141 Å². The van der Waals surface area contributed by atoms with Crippen molar-refractivity contribution in [1.29, 1.82) is 0 Å². The Morgan fingerprint density at radius 1 is 0.958 bits per heavy atom. The molecule has 1 heterocycles. The van der Waals surface area contributed by atoms with E-state index in [1.165, 1.54) is 4.68 Å². The fraction of sp³-hybridized carbons (Fsp3) is 0.167. The Bertz CT molecular complexity index is 1020. The molecule has 0 bridgehead atoms. The predicted octanol–water partition coefficient (Wildman–Crippen LogP) is 2.53. The summed E-state index contributed by atoms with van der Waals surface area (Å²) in [6, 6.07) is 10.6. The van der Waals surface area contributed by atoms with Gasteiger partial charge in [-0.1, -0.05) is 28.4 Å². The minimum Gasteiger partial charge on any atom is -0.379 e. The first-order valence-electron chi connectivity index (χ1n) is 7.49. The second kappa shape index (κ2) is 5.79. The highest BCUT2D eigenvalue weighted by Gasteiger charge is 2.22. The van der Waals surface area contributed by atoms with Crippen LogP contribution in [0.1, 0.15) is 16.7 Å². The lowest BCUT2D eigenvalue weighted by molar-refractivity contribution is -0.637. The molecule has 0 atom stereocenters. The standard InChI is InChI=1S/C18H19N2O3S/c1-12-8-13(2)18(14(3)9-12)24(21,22)23-17-5-4-15-6-7-20(19)11-16(15)10-17/h4-11H,19H2,1-3H3/q+1. The molecule has 0 amide bonds. The zero-order valence-corrected chi connectivity index (χ0v) is 14.6. The Hall–Kier alpha value is -2.60.